The van der Waals surface area contributed by atoms with Crippen LogP contribution in [0.5, 0.6) is 0 Å². The van der Waals surface area contributed by atoms with Crippen molar-refractivity contribution in [3.8, 4) is 0 Å². The molecule has 0 bridgehead atoms. The lowest BCUT2D eigenvalue weighted by molar-refractivity contribution is -0.527. The minimum Gasteiger partial charge on any atom is -0.297 e. The third kappa shape index (κ3) is 3.07. The van der Waals surface area contributed by atoms with Crippen molar-refractivity contribution < 1.29 is 9.31 Å². The molecule has 1 aliphatic rings. The molecule has 0 amide bonds. The number of hydrogen-bond acceptors (Lipinski definition) is 4. The average Bonchev–Trinajstić information content (AvgIpc) is 2.36. The van der Waals surface area contributed by atoms with Crippen molar-refractivity contribution in [3.63, 3.8) is 0 Å². The lowest BCUT2D eigenvalue weighted by Crippen LogP contribution is -2.34. The maximum atomic E-state index is 13.1. The molecular weight excluding hydrogens is 257 g/mol. The molecule has 0 aliphatic heterocycles. The number of nitrogens with one attached hydrogen (secondary N) is 1. The smallest absolute Gasteiger partial charge is 0.297 e. The molecule has 1 fully saturated rings. The Morgan fingerprint density at radius 2 is 2.00 bits per heavy atom. The number of halogens is 1. The molecule has 0 spiro atoms. The van der Waals surface area contributed by atoms with Gasteiger partial charge in [-0.2, -0.15) is 4.39 Å². The number of aromatic nitrogens is 2. The molecule has 1 saturated carbocycles. The average molecular weight is 271 g/mol. The van der Waals surface area contributed by atoms with E-state index < -0.39 is 23.1 Å². The van der Waals surface area contributed by atoms with Crippen molar-refractivity contribution in [2.75, 3.05) is 0 Å². The topological polar surface area (TPSA) is 98.0 Å². The molecule has 1 aliphatic carbocycles. The molecule has 2 rings (SSSR count). The monoisotopic (exact) mass is 271 g/mol. The summed E-state index contributed by atoms with van der Waals surface area (Å²) in [4.78, 5) is 34.6. The molecular formula is C11H14FN3O4. The Bertz CT molecular complexity index is 586. The van der Waals surface area contributed by atoms with E-state index in [1.165, 1.54) is 0 Å². The van der Waals surface area contributed by atoms with Crippen LogP contribution in [0.1, 0.15) is 25.7 Å². The van der Waals surface area contributed by atoms with Crippen LogP contribution in [0.25, 0.3) is 0 Å². The zero-order valence-corrected chi connectivity index (χ0v) is 10.2. The maximum absolute atomic E-state index is 13.1. The van der Waals surface area contributed by atoms with Crippen LogP contribution in [0, 0.1) is 21.8 Å². The predicted octanol–water partition coefficient (Wildman–Crippen LogP) is 0.511. The second-order valence-corrected chi connectivity index (χ2v) is 4.85. The Labute approximate surface area is 107 Å². The molecule has 1 aromatic heterocycles. The number of hydrogen-bond donors (Lipinski definition) is 1. The summed E-state index contributed by atoms with van der Waals surface area (Å²) in [6, 6.07) is -0.514. The van der Waals surface area contributed by atoms with Gasteiger partial charge in [0.25, 0.3) is 5.56 Å². The molecule has 0 unspecified atom stereocenters. The fourth-order valence-corrected chi connectivity index (χ4v) is 2.43. The number of H-pyrrole nitrogens is 1. The Balaban J connectivity index is 2.04. The van der Waals surface area contributed by atoms with Crippen molar-refractivity contribution in [1.29, 1.82) is 0 Å². The van der Waals surface area contributed by atoms with Crippen LogP contribution in [-0.2, 0) is 6.54 Å². The summed E-state index contributed by atoms with van der Waals surface area (Å²) in [6.45, 7) is 0.275. The second-order valence-electron chi connectivity index (χ2n) is 4.85. The van der Waals surface area contributed by atoms with E-state index in [1.807, 2.05) is 4.98 Å². The molecule has 1 heterocycles. The summed E-state index contributed by atoms with van der Waals surface area (Å²) in [5.41, 5.74) is -1.68. The molecule has 1 aromatic rings. The van der Waals surface area contributed by atoms with Crippen LogP contribution in [0.2, 0.25) is 0 Å². The van der Waals surface area contributed by atoms with Crippen molar-refractivity contribution in [2.45, 2.75) is 38.3 Å². The van der Waals surface area contributed by atoms with Gasteiger partial charge >= 0.3 is 5.69 Å². The van der Waals surface area contributed by atoms with Gasteiger partial charge in [0.15, 0.2) is 0 Å². The minimum atomic E-state index is -1.03. The summed E-state index contributed by atoms with van der Waals surface area (Å²) in [7, 11) is 0. The van der Waals surface area contributed by atoms with Crippen LogP contribution in [-0.4, -0.2) is 20.5 Å². The number of nitro groups is 1. The minimum absolute atomic E-state index is 0.0965. The quantitative estimate of drug-likeness (QED) is 0.639. The van der Waals surface area contributed by atoms with Gasteiger partial charge in [0.05, 0.1) is 6.20 Å². The largest absolute Gasteiger partial charge is 0.328 e. The first-order valence-corrected chi connectivity index (χ1v) is 6.10. The first-order chi connectivity index (χ1) is 8.97. The number of aromatic amines is 1. The lowest BCUT2D eigenvalue weighted by atomic mass is 9.86. The molecule has 0 aromatic carbocycles. The van der Waals surface area contributed by atoms with E-state index in [-0.39, 0.29) is 17.4 Å². The summed E-state index contributed by atoms with van der Waals surface area (Å²) in [5.74, 6) is -0.905. The Morgan fingerprint density at radius 3 is 2.58 bits per heavy atom. The highest BCUT2D eigenvalue weighted by Gasteiger charge is 2.28. The Morgan fingerprint density at radius 1 is 1.37 bits per heavy atom. The van der Waals surface area contributed by atoms with Gasteiger partial charge in [-0.1, -0.05) is 0 Å². The van der Waals surface area contributed by atoms with E-state index in [0.29, 0.717) is 25.7 Å². The second kappa shape index (κ2) is 5.33. The zero-order valence-electron chi connectivity index (χ0n) is 10.2. The highest BCUT2D eigenvalue weighted by Crippen LogP contribution is 2.26. The highest BCUT2D eigenvalue weighted by atomic mass is 19.1. The van der Waals surface area contributed by atoms with Crippen molar-refractivity contribution >= 4 is 0 Å². The third-order valence-corrected chi connectivity index (χ3v) is 3.54. The van der Waals surface area contributed by atoms with Gasteiger partial charge in [0, 0.05) is 24.3 Å². The zero-order chi connectivity index (χ0) is 14.0. The summed E-state index contributed by atoms with van der Waals surface area (Å²) >= 11 is 0. The van der Waals surface area contributed by atoms with Crippen LogP contribution in [0.4, 0.5) is 4.39 Å². The van der Waals surface area contributed by atoms with E-state index in [0.717, 1.165) is 10.8 Å². The normalized spacial score (nSPS) is 23.2. The lowest BCUT2D eigenvalue weighted by Gasteiger charge is -2.24. The van der Waals surface area contributed by atoms with Crippen molar-refractivity contribution in [1.82, 2.24) is 9.55 Å². The molecule has 0 saturated heterocycles. The number of nitrogens with zero attached hydrogens (tertiary/aromatic N) is 2. The van der Waals surface area contributed by atoms with Crippen molar-refractivity contribution in [2.24, 2.45) is 5.92 Å². The first kappa shape index (κ1) is 13.4. The van der Waals surface area contributed by atoms with Crippen LogP contribution in [0.3, 0.4) is 0 Å². The van der Waals surface area contributed by atoms with E-state index in [9.17, 15) is 24.1 Å². The summed E-state index contributed by atoms with van der Waals surface area (Å²) in [6.07, 6.45) is 3.08. The van der Waals surface area contributed by atoms with Gasteiger partial charge in [0.1, 0.15) is 0 Å². The van der Waals surface area contributed by atoms with Gasteiger partial charge in [-0.3, -0.25) is 24.5 Å². The van der Waals surface area contributed by atoms with Gasteiger partial charge in [0.2, 0.25) is 11.9 Å². The Hall–Kier alpha value is -1.99. The standard InChI is InChI=1S/C11H14FN3O4/c12-9-6-14(11(17)13-10(9)16)5-7-1-3-8(4-2-7)15(18)19/h6-8H,1-5H2,(H,13,16,17). The fourth-order valence-electron chi connectivity index (χ4n) is 2.43. The van der Waals surface area contributed by atoms with Crippen molar-refractivity contribution in [3.05, 3.63) is 43.0 Å². The van der Waals surface area contributed by atoms with Gasteiger partial charge in [-0.25, -0.2) is 4.79 Å². The number of rotatable bonds is 3. The van der Waals surface area contributed by atoms with Crippen LogP contribution >= 0.6 is 0 Å². The summed E-state index contributed by atoms with van der Waals surface area (Å²) < 4.78 is 14.2. The van der Waals surface area contributed by atoms with E-state index >= 15 is 0 Å². The van der Waals surface area contributed by atoms with Gasteiger partial charge in [-0.05, 0) is 18.8 Å². The first-order valence-electron chi connectivity index (χ1n) is 6.10. The SMILES string of the molecule is O=c1[nH]c(=O)n(CC2CCC([N+](=O)[O-])CC2)cc1F. The molecule has 8 heteroatoms. The van der Waals surface area contributed by atoms with Crippen LogP contribution < -0.4 is 11.2 Å². The van der Waals surface area contributed by atoms with Crippen LogP contribution in [0.15, 0.2) is 15.8 Å². The van der Waals surface area contributed by atoms with E-state index in [2.05, 4.69) is 0 Å². The highest BCUT2D eigenvalue weighted by molar-refractivity contribution is 4.88. The maximum Gasteiger partial charge on any atom is 0.328 e. The molecule has 0 radical (unpaired) electrons. The van der Waals surface area contributed by atoms with E-state index in [1.54, 1.807) is 0 Å². The molecule has 7 nitrogen and oxygen atoms in total. The van der Waals surface area contributed by atoms with Gasteiger partial charge in [-0.15, -0.1) is 0 Å². The van der Waals surface area contributed by atoms with Gasteiger partial charge < -0.3 is 0 Å². The Kier molecular flexibility index (Phi) is 3.77. The fraction of sp³-hybridized carbons (Fsp3) is 0.636. The molecule has 0 atom stereocenters. The summed E-state index contributed by atoms with van der Waals surface area (Å²) in [5, 5.41) is 10.6. The predicted molar refractivity (Wildman–Crippen MR) is 64.0 cm³/mol. The van der Waals surface area contributed by atoms with E-state index in [4.69, 9.17) is 0 Å². The molecule has 1 N–H and O–H groups in total. The molecule has 19 heavy (non-hydrogen) atoms. The molecule has 104 valence electrons. The third-order valence-electron chi connectivity index (χ3n) is 3.54.